The van der Waals surface area contributed by atoms with Crippen LogP contribution in [0.4, 0.5) is 0 Å². The molecule has 1 heterocycles. The second-order valence-electron chi connectivity index (χ2n) is 3.32. The normalized spacial score (nSPS) is 11.0. The fourth-order valence-corrected chi connectivity index (χ4v) is 1.27. The van der Waals surface area contributed by atoms with Gasteiger partial charge in [0.2, 0.25) is 5.91 Å². The lowest BCUT2D eigenvalue weighted by Gasteiger charge is -2.21. The molecule has 3 N–H and O–H groups in total. The number of rotatable bonds is 3. The molecule has 1 aromatic heterocycles. The minimum absolute atomic E-state index is 0.296. The van der Waals surface area contributed by atoms with E-state index in [1.54, 1.807) is 24.7 Å². The first kappa shape index (κ1) is 10.6. The Hall–Kier alpha value is -1.43. The zero-order valence-corrected chi connectivity index (χ0v) is 8.72. The molecule has 76 valence electrons. The molecule has 14 heavy (non-hydrogen) atoms. The van der Waals surface area contributed by atoms with Crippen LogP contribution in [0.3, 0.4) is 0 Å². The Labute approximate surface area is 85.3 Å². The van der Waals surface area contributed by atoms with Crippen molar-refractivity contribution in [2.45, 2.75) is 19.4 Å². The lowest BCUT2D eigenvalue weighted by molar-refractivity contribution is -0.122. The number of hydrogen-bond acceptors (Lipinski definition) is 4. The molecule has 1 rings (SSSR count). The predicted molar refractivity (Wildman–Crippen MR) is 52.9 cm³/mol. The Balaban J connectivity index is 2.71. The number of nitrogens with one attached hydrogen (secondary N) is 1. The van der Waals surface area contributed by atoms with E-state index in [0.717, 1.165) is 0 Å². The number of nitrogens with two attached hydrogens (primary N) is 1. The van der Waals surface area contributed by atoms with Gasteiger partial charge in [-0.15, -0.1) is 11.3 Å². The summed E-state index contributed by atoms with van der Waals surface area (Å²) in [5, 5.41) is 4.09. The number of thiazole rings is 1. The van der Waals surface area contributed by atoms with Gasteiger partial charge < -0.3 is 11.1 Å². The number of nitrogens with zero attached hydrogens (tertiary/aromatic N) is 1. The van der Waals surface area contributed by atoms with Crippen LogP contribution in [0.25, 0.3) is 0 Å². The van der Waals surface area contributed by atoms with Crippen LogP contribution in [0.1, 0.15) is 24.3 Å². The average molecular weight is 213 g/mol. The standard InChI is InChI=1S/C8H11N3O2S/c1-8(2,7(9)13)11-6(12)5-3-14-4-10-5/h3-4H,1-2H3,(H2,9,13)(H,11,12). The minimum Gasteiger partial charge on any atom is -0.368 e. The van der Waals surface area contributed by atoms with E-state index in [0.29, 0.717) is 5.69 Å². The first-order valence-corrected chi connectivity index (χ1v) is 4.88. The van der Waals surface area contributed by atoms with E-state index in [9.17, 15) is 9.59 Å². The van der Waals surface area contributed by atoms with Gasteiger partial charge in [-0.05, 0) is 13.8 Å². The van der Waals surface area contributed by atoms with Crippen LogP contribution in [-0.2, 0) is 4.79 Å². The fourth-order valence-electron chi connectivity index (χ4n) is 0.734. The summed E-state index contributed by atoms with van der Waals surface area (Å²) in [5.41, 5.74) is 5.89. The van der Waals surface area contributed by atoms with Gasteiger partial charge in [0, 0.05) is 5.38 Å². The van der Waals surface area contributed by atoms with Crippen molar-refractivity contribution in [3.8, 4) is 0 Å². The van der Waals surface area contributed by atoms with E-state index >= 15 is 0 Å². The quantitative estimate of drug-likeness (QED) is 0.748. The fraction of sp³-hybridized carbons (Fsp3) is 0.375. The maximum atomic E-state index is 11.5. The third kappa shape index (κ3) is 2.29. The molecule has 0 atom stereocenters. The molecule has 0 saturated heterocycles. The number of carbonyl (C=O) groups excluding carboxylic acids is 2. The minimum atomic E-state index is -1.05. The van der Waals surface area contributed by atoms with Crippen molar-refractivity contribution < 1.29 is 9.59 Å². The van der Waals surface area contributed by atoms with Gasteiger partial charge in [-0.1, -0.05) is 0 Å². The lowest BCUT2D eigenvalue weighted by Crippen LogP contribution is -2.53. The van der Waals surface area contributed by atoms with Crippen LogP contribution in [0.5, 0.6) is 0 Å². The van der Waals surface area contributed by atoms with Gasteiger partial charge in [0.25, 0.3) is 5.91 Å². The smallest absolute Gasteiger partial charge is 0.271 e. The van der Waals surface area contributed by atoms with E-state index in [1.807, 2.05) is 0 Å². The summed E-state index contributed by atoms with van der Waals surface area (Å²) in [4.78, 5) is 26.2. The largest absolute Gasteiger partial charge is 0.368 e. The molecule has 0 aliphatic carbocycles. The number of amides is 2. The van der Waals surface area contributed by atoms with E-state index in [-0.39, 0.29) is 0 Å². The molecule has 0 unspecified atom stereocenters. The zero-order chi connectivity index (χ0) is 10.8. The summed E-state index contributed by atoms with van der Waals surface area (Å²) in [5.74, 6) is -0.976. The van der Waals surface area contributed by atoms with Crippen molar-refractivity contribution in [2.75, 3.05) is 0 Å². The Morgan fingerprint density at radius 2 is 2.21 bits per heavy atom. The summed E-state index contributed by atoms with van der Waals surface area (Å²) in [6, 6.07) is 0. The van der Waals surface area contributed by atoms with Crippen molar-refractivity contribution in [1.29, 1.82) is 0 Å². The summed E-state index contributed by atoms with van der Waals surface area (Å²) < 4.78 is 0. The monoisotopic (exact) mass is 213 g/mol. The number of hydrogen-bond donors (Lipinski definition) is 2. The van der Waals surface area contributed by atoms with Crippen LogP contribution in [0, 0.1) is 0 Å². The number of primary amides is 1. The Bertz CT molecular complexity index is 345. The van der Waals surface area contributed by atoms with E-state index in [1.165, 1.54) is 11.3 Å². The Morgan fingerprint density at radius 1 is 1.57 bits per heavy atom. The molecule has 0 aliphatic heterocycles. The molecule has 2 amide bonds. The first-order chi connectivity index (χ1) is 6.43. The third-order valence-corrected chi connectivity index (χ3v) is 2.29. The highest BCUT2D eigenvalue weighted by Crippen LogP contribution is 2.05. The summed E-state index contributed by atoms with van der Waals surface area (Å²) >= 11 is 1.31. The van der Waals surface area contributed by atoms with Gasteiger partial charge in [0.1, 0.15) is 11.2 Å². The van der Waals surface area contributed by atoms with Gasteiger partial charge in [-0.2, -0.15) is 0 Å². The maximum Gasteiger partial charge on any atom is 0.271 e. The van der Waals surface area contributed by atoms with Crippen molar-refractivity contribution in [1.82, 2.24) is 10.3 Å². The summed E-state index contributed by atoms with van der Waals surface area (Å²) in [6.07, 6.45) is 0. The van der Waals surface area contributed by atoms with E-state index in [4.69, 9.17) is 5.73 Å². The Morgan fingerprint density at radius 3 is 2.64 bits per heavy atom. The van der Waals surface area contributed by atoms with E-state index < -0.39 is 17.4 Å². The predicted octanol–water partition coefficient (Wildman–Crippen LogP) is 0.137. The van der Waals surface area contributed by atoms with Crippen molar-refractivity contribution in [2.24, 2.45) is 5.73 Å². The lowest BCUT2D eigenvalue weighted by atomic mass is 10.1. The SMILES string of the molecule is CC(C)(NC(=O)c1cscn1)C(N)=O. The molecule has 0 saturated carbocycles. The van der Waals surface area contributed by atoms with Crippen LogP contribution in [-0.4, -0.2) is 22.3 Å². The summed E-state index contributed by atoms with van der Waals surface area (Å²) in [6.45, 7) is 3.08. The van der Waals surface area contributed by atoms with Gasteiger partial charge >= 0.3 is 0 Å². The molecule has 5 nitrogen and oxygen atoms in total. The molecule has 0 spiro atoms. The maximum absolute atomic E-state index is 11.5. The first-order valence-electron chi connectivity index (χ1n) is 3.94. The van der Waals surface area contributed by atoms with Gasteiger partial charge in [-0.25, -0.2) is 4.98 Å². The number of aromatic nitrogens is 1. The molecule has 0 bridgehead atoms. The number of carbonyl (C=O) groups is 2. The zero-order valence-electron chi connectivity index (χ0n) is 7.90. The Kier molecular flexibility index (Phi) is 2.85. The third-order valence-electron chi connectivity index (χ3n) is 1.71. The molecule has 0 radical (unpaired) electrons. The van der Waals surface area contributed by atoms with Crippen LogP contribution in [0.15, 0.2) is 10.9 Å². The average Bonchev–Trinajstić information content (AvgIpc) is 2.54. The van der Waals surface area contributed by atoms with E-state index in [2.05, 4.69) is 10.3 Å². The van der Waals surface area contributed by atoms with Crippen LogP contribution < -0.4 is 11.1 Å². The highest BCUT2D eigenvalue weighted by Gasteiger charge is 2.27. The molecular weight excluding hydrogens is 202 g/mol. The second kappa shape index (κ2) is 3.75. The second-order valence-corrected chi connectivity index (χ2v) is 4.04. The molecule has 6 heteroatoms. The molecule has 1 aromatic rings. The molecule has 0 aromatic carbocycles. The van der Waals surface area contributed by atoms with Gasteiger partial charge in [0.05, 0.1) is 5.51 Å². The topological polar surface area (TPSA) is 85.1 Å². The van der Waals surface area contributed by atoms with Gasteiger partial charge in [0.15, 0.2) is 0 Å². The molecule has 0 fully saturated rings. The summed E-state index contributed by atoms with van der Waals surface area (Å²) in [7, 11) is 0. The van der Waals surface area contributed by atoms with Crippen molar-refractivity contribution in [3.63, 3.8) is 0 Å². The highest BCUT2D eigenvalue weighted by molar-refractivity contribution is 7.07. The highest BCUT2D eigenvalue weighted by atomic mass is 32.1. The van der Waals surface area contributed by atoms with Crippen LogP contribution in [0.2, 0.25) is 0 Å². The van der Waals surface area contributed by atoms with Gasteiger partial charge in [-0.3, -0.25) is 9.59 Å². The van der Waals surface area contributed by atoms with Crippen LogP contribution >= 0.6 is 11.3 Å². The molecular formula is C8H11N3O2S. The van der Waals surface area contributed by atoms with Crippen molar-refractivity contribution in [3.05, 3.63) is 16.6 Å². The van der Waals surface area contributed by atoms with Crippen molar-refractivity contribution >= 4 is 23.2 Å². The molecule has 0 aliphatic rings.